The van der Waals surface area contributed by atoms with Crippen LogP contribution < -0.4 is 0 Å². The summed E-state index contributed by atoms with van der Waals surface area (Å²) in [4.78, 5) is 22.9. The first kappa shape index (κ1) is 19.6. The lowest BCUT2D eigenvalue weighted by Crippen LogP contribution is -2.13. The van der Waals surface area contributed by atoms with Gasteiger partial charge in [-0.25, -0.2) is 0 Å². The fourth-order valence-corrected chi connectivity index (χ4v) is 3.61. The number of rotatable bonds is 11. The molecule has 0 aliphatic rings. The molecule has 0 N–H and O–H groups in total. The van der Waals surface area contributed by atoms with E-state index in [0.717, 1.165) is 12.8 Å². The SMILES string of the molecule is CCCOC(=O)CC(C)SSC(C)CC(=O)OCCC. The van der Waals surface area contributed by atoms with E-state index in [1.54, 1.807) is 21.6 Å². The van der Waals surface area contributed by atoms with Crippen LogP contribution in [0.5, 0.6) is 0 Å². The summed E-state index contributed by atoms with van der Waals surface area (Å²) in [7, 11) is 3.24. The van der Waals surface area contributed by atoms with Gasteiger partial charge in [0.15, 0.2) is 0 Å². The average molecular weight is 322 g/mol. The van der Waals surface area contributed by atoms with E-state index >= 15 is 0 Å². The van der Waals surface area contributed by atoms with Gasteiger partial charge in [-0.2, -0.15) is 0 Å². The van der Waals surface area contributed by atoms with E-state index in [9.17, 15) is 9.59 Å². The van der Waals surface area contributed by atoms with Crippen molar-refractivity contribution in [1.82, 2.24) is 0 Å². The molecular weight excluding hydrogens is 296 g/mol. The van der Waals surface area contributed by atoms with E-state index < -0.39 is 0 Å². The minimum Gasteiger partial charge on any atom is -0.466 e. The maximum absolute atomic E-state index is 11.4. The molecule has 0 aromatic heterocycles. The second-order valence-electron chi connectivity index (χ2n) is 4.66. The van der Waals surface area contributed by atoms with Gasteiger partial charge in [-0.1, -0.05) is 49.3 Å². The van der Waals surface area contributed by atoms with Crippen molar-refractivity contribution >= 4 is 33.5 Å². The van der Waals surface area contributed by atoms with Gasteiger partial charge in [0.25, 0.3) is 0 Å². The van der Waals surface area contributed by atoms with Crippen LogP contribution in [0.3, 0.4) is 0 Å². The lowest BCUT2D eigenvalue weighted by atomic mass is 10.3. The van der Waals surface area contributed by atoms with Gasteiger partial charge in [-0.15, -0.1) is 0 Å². The molecule has 0 aromatic rings. The van der Waals surface area contributed by atoms with Crippen LogP contribution in [0.25, 0.3) is 0 Å². The van der Waals surface area contributed by atoms with Crippen molar-refractivity contribution in [3.63, 3.8) is 0 Å². The Morgan fingerprint density at radius 2 is 1.20 bits per heavy atom. The molecule has 0 amide bonds. The number of ether oxygens (including phenoxy) is 2. The number of hydrogen-bond acceptors (Lipinski definition) is 6. The maximum Gasteiger partial charge on any atom is 0.306 e. The zero-order valence-electron chi connectivity index (χ0n) is 12.8. The second kappa shape index (κ2) is 12.4. The molecule has 0 saturated heterocycles. The largest absolute Gasteiger partial charge is 0.466 e. The summed E-state index contributed by atoms with van der Waals surface area (Å²) in [5.41, 5.74) is 0. The number of carbonyl (C=O) groups excluding carboxylic acids is 2. The molecule has 118 valence electrons. The summed E-state index contributed by atoms with van der Waals surface area (Å²) in [5.74, 6) is -0.301. The molecule has 2 unspecified atom stereocenters. The fourth-order valence-electron chi connectivity index (χ4n) is 1.28. The van der Waals surface area contributed by atoms with E-state index in [4.69, 9.17) is 9.47 Å². The first-order chi connectivity index (χ1) is 9.49. The molecule has 4 nitrogen and oxygen atoms in total. The smallest absolute Gasteiger partial charge is 0.306 e. The second-order valence-corrected chi connectivity index (χ2v) is 7.81. The monoisotopic (exact) mass is 322 g/mol. The molecule has 0 spiro atoms. The minimum atomic E-state index is -0.151. The van der Waals surface area contributed by atoms with Gasteiger partial charge >= 0.3 is 11.9 Å². The highest BCUT2D eigenvalue weighted by Crippen LogP contribution is 2.34. The molecule has 0 saturated carbocycles. The van der Waals surface area contributed by atoms with Gasteiger partial charge in [-0.3, -0.25) is 9.59 Å². The predicted octanol–water partition coefficient (Wildman–Crippen LogP) is 3.83. The minimum absolute atomic E-state index is 0.151. The van der Waals surface area contributed by atoms with Crippen molar-refractivity contribution in [1.29, 1.82) is 0 Å². The van der Waals surface area contributed by atoms with E-state index in [-0.39, 0.29) is 22.4 Å². The summed E-state index contributed by atoms with van der Waals surface area (Å²) in [5, 5.41) is 0.358. The molecule has 0 fully saturated rings. The molecule has 20 heavy (non-hydrogen) atoms. The van der Waals surface area contributed by atoms with Crippen LogP contribution in [-0.2, 0) is 19.1 Å². The normalized spacial score (nSPS) is 13.6. The Labute approximate surface area is 130 Å². The van der Waals surface area contributed by atoms with Crippen LogP contribution in [0.2, 0.25) is 0 Å². The zero-order chi connectivity index (χ0) is 15.4. The summed E-state index contributed by atoms with van der Waals surface area (Å²) in [6, 6.07) is 0. The summed E-state index contributed by atoms with van der Waals surface area (Å²) >= 11 is 0. The first-order valence-corrected chi connectivity index (χ1v) is 9.40. The summed E-state index contributed by atoms with van der Waals surface area (Å²) in [6.07, 6.45) is 2.51. The highest BCUT2D eigenvalue weighted by molar-refractivity contribution is 8.77. The highest BCUT2D eigenvalue weighted by Gasteiger charge is 2.15. The third-order valence-corrected chi connectivity index (χ3v) is 5.63. The van der Waals surface area contributed by atoms with Gasteiger partial charge in [0, 0.05) is 10.5 Å². The summed E-state index contributed by atoms with van der Waals surface area (Å²) < 4.78 is 10.1. The van der Waals surface area contributed by atoms with E-state index in [1.165, 1.54) is 0 Å². The third kappa shape index (κ3) is 11.5. The molecule has 6 heteroatoms. The maximum atomic E-state index is 11.4. The molecule has 0 heterocycles. The quantitative estimate of drug-likeness (QED) is 0.425. The Morgan fingerprint density at radius 1 is 0.850 bits per heavy atom. The zero-order valence-corrected chi connectivity index (χ0v) is 14.5. The van der Waals surface area contributed by atoms with Crippen molar-refractivity contribution in [2.75, 3.05) is 13.2 Å². The van der Waals surface area contributed by atoms with Crippen molar-refractivity contribution in [2.45, 2.75) is 63.9 Å². The molecule has 0 radical (unpaired) electrons. The Kier molecular flexibility index (Phi) is 12.2. The Balaban J connectivity index is 3.74. The standard InChI is InChI=1S/C14H26O4S2/c1-5-7-17-13(15)9-11(3)19-20-12(4)10-14(16)18-8-6-2/h11-12H,5-10H2,1-4H3. The van der Waals surface area contributed by atoms with E-state index in [2.05, 4.69) is 0 Å². The summed E-state index contributed by atoms with van der Waals surface area (Å²) in [6.45, 7) is 8.91. The highest BCUT2D eigenvalue weighted by atomic mass is 33.1. The Morgan fingerprint density at radius 3 is 1.50 bits per heavy atom. The van der Waals surface area contributed by atoms with Crippen molar-refractivity contribution in [3.05, 3.63) is 0 Å². The topological polar surface area (TPSA) is 52.6 Å². The molecule has 0 aromatic carbocycles. The first-order valence-electron chi connectivity index (χ1n) is 7.12. The molecule has 0 bridgehead atoms. The number of esters is 2. The van der Waals surface area contributed by atoms with Gasteiger partial charge < -0.3 is 9.47 Å². The van der Waals surface area contributed by atoms with Crippen molar-refractivity contribution in [3.8, 4) is 0 Å². The van der Waals surface area contributed by atoms with Crippen LogP contribution in [-0.4, -0.2) is 35.7 Å². The van der Waals surface area contributed by atoms with Crippen molar-refractivity contribution in [2.24, 2.45) is 0 Å². The molecule has 0 rings (SSSR count). The van der Waals surface area contributed by atoms with Gasteiger partial charge in [-0.05, 0) is 12.8 Å². The van der Waals surface area contributed by atoms with Gasteiger partial charge in [0.1, 0.15) is 0 Å². The third-order valence-electron chi connectivity index (χ3n) is 2.23. The van der Waals surface area contributed by atoms with Crippen molar-refractivity contribution < 1.29 is 19.1 Å². The van der Waals surface area contributed by atoms with E-state index in [1.807, 2.05) is 27.7 Å². The fraction of sp³-hybridized carbons (Fsp3) is 0.857. The average Bonchev–Trinajstić information content (AvgIpc) is 2.40. The van der Waals surface area contributed by atoms with Crippen LogP contribution in [0.4, 0.5) is 0 Å². The predicted molar refractivity (Wildman–Crippen MR) is 85.8 cm³/mol. The van der Waals surface area contributed by atoms with Crippen LogP contribution >= 0.6 is 21.6 Å². The van der Waals surface area contributed by atoms with Crippen LogP contribution in [0, 0.1) is 0 Å². The number of hydrogen-bond donors (Lipinski definition) is 0. The van der Waals surface area contributed by atoms with Crippen LogP contribution in [0.15, 0.2) is 0 Å². The Hall–Kier alpha value is -0.360. The molecule has 0 aliphatic carbocycles. The lowest BCUT2D eigenvalue weighted by molar-refractivity contribution is -0.144. The Bertz CT molecular complexity index is 256. The number of carbonyl (C=O) groups is 2. The molecule has 2 atom stereocenters. The lowest BCUT2D eigenvalue weighted by Gasteiger charge is -2.14. The molecule has 0 aliphatic heterocycles. The van der Waals surface area contributed by atoms with Gasteiger partial charge in [0.2, 0.25) is 0 Å². The van der Waals surface area contributed by atoms with Gasteiger partial charge in [0.05, 0.1) is 26.1 Å². The van der Waals surface area contributed by atoms with E-state index in [0.29, 0.717) is 26.1 Å². The molecular formula is C14H26O4S2. The van der Waals surface area contributed by atoms with Crippen LogP contribution in [0.1, 0.15) is 53.4 Å².